The summed E-state index contributed by atoms with van der Waals surface area (Å²) < 4.78 is 5.53. The summed E-state index contributed by atoms with van der Waals surface area (Å²) in [6, 6.07) is 9.85. The molecule has 0 aliphatic rings. The van der Waals surface area contributed by atoms with Gasteiger partial charge in [0.15, 0.2) is 0 Å². The number of ether oxygens (including phenoxy) is 1. The molecule has 0 amide bonds. The van der Waals surface area contributed by atoms with Crippen LogP contribution in [0.15, 0.2) is 35.3 Å². The van der Waals surface area contributed by atoms with Gasteiger partial charge in [0.05, 0.1) is 12.9 Å². The maximum absolute atomic E-state index is 5.53. The molecule has 0 saturated carbocycles. The zero-order valence-electron chi connectivity index (χ0n) is 9.80. The number of benzene rings is 1. The van der Waals surface area contributed by atoms with Crippen molar-refractivity contribution in [3.63, 3.8) is 0 Å². The van der Waals surface area contributed by atoms with Crippen molar-refractivity contribution in [2.24, 2.45) is 4.99 Å². The molecule has 3 nitrogen and oxygen atoms in total. The van der Waals surface area contributed by atoms with Crippen LogP contribution in [-0.4, -0.2) is 38.5 Å². The summed E-state index contributed by atoms with van der Waals surface area (Å²) in [6.45, 7) is 1.53. The second-order valence-electron chi connectivity index (χ2n) is 3.50. The predicted molar refractivity (Wildman–Crippen MR) is 70.8 cm³/mol. The van der Waals surface area contributed by atoms with Crippen molar-refractivity contribution in [3.05, 3.63) is 30.3 Å². The number of nitrogens with zero attached hydrogens (tertiary/aromatic N) is 2. The summed E-state index contributed by atoms with van der Waals surface area (Å²) in [5, 5.41) is 0. The fourth-order valence-corrected chi connectivity index (χ4v) is 1.08. The van der Waals surface area contributed by atoms with Gasteiger partial charge in [0.2, 0.25) is 0 Å². The lowest BCUT2D eigenvalue weighted by Crippen LogP contribution is -2.08. The molecule has 0 aromatic heterocycles. The Morgan fingerprint density at radius 2 is 1.94 bits per heavy atom. The van der Waals surface area contributed by atoms with Gasteiger partial charge in [0.25, 0.3) is 0 Å². The van der Waals surface area contributed by atoms with Gasteiger partial charge in [-0.05, 0) is 12.1 Å². The number of aliphatic imine (C=N–C) groups is 1. The van der Waals surface area contributed by atoms with Crippen molar-refractivity contribution < 1.29 is 4.74 Å². The number of para-hydroxylation sites is 1. The van der Waals surface area contributed by atoms with E-state index in [0.29, 0.717) is 0 Å². The molecule has 0 spiro atoms. The van der Waals surface area contributed by atoms with Gasteiger partial charge in [0, 0.05) is 27.1 Å². The lowest BCUT2D eigenvalue weighted by molar-refractivity contribution is 0.313. The van der Waals surface area contributed by atoms with Crippen LogP contribution < -0.4 is 4.74 Å². The fraction of sp³-hybridized carbons (Fsp3) is 0.417. The van der Waals surface area contributed by atoms with E-state index in [1.165, 1.54) is 0 Å². The van der Waals surface area contributed by atoms with Gasteiger partial charge < -0.3 is 9.64 Å². The molecule has 1 rings (SSSR count). The van der Waals surface area contributed by atoms with E-state index in [2.05, 4.69) is 4.99 Å². The Balaban J connectivity index is 0.00000225. The van der Waals surface area contributed by atoms with Gasteiger partial charge in [-0.2, -0.15) is 0 Å². The molecule has 4 heteroatoms. The summed E-state index contributed by atoms with van der Waals surface area (Å²) in [4.78, 5) is 6.15. The van der Waals surface area contributed by atoms with E-state index in [9.17, 15) is 0 Å². The van der Waals surface area contributed by atoms with Gasteiger partial charge in [-0.1, -0.05) is 18.2 Å². The van der Waals surface area contributed by atoms with Crippen LogP contribution in [0.1, 0.15) is 6.42 Å². The van der Waals surface area contributed by atoms with Crippen molar-refractivity contribution in [3.8, 4) is 5.75 Å². The minimum Gasteiger partial charge on any atom is -0.494 e. The summed E-state index contributed by atoms with van der Waals surface area (Å²) in [5.74, 6) is 0.925. The quantitative estimate of drug-likeness (QED) is 0.435. The zero-order chi connectivity index (χ0) is 10.9. The normalized spacial score (nSPS) is 9.88. The highest BCUT2D eigenvalue weighted by molar-refractivity contribution is 5.85. The summed E-state index contributed by atoms with van der Waals surface area (Å²) in [7, 11) is 3.92. The van der Waals surface area contributed by atoms with Crippen LogP contribution in [0.25, 0.3) is 0 Å². The molecule has 0 fully saturated rings. The molecular weight excluding hydrogens is 224 g/mol. The van der Waals surface area contributed by atoms with E-state index in [4.69, 9.17) is 4.74 Å². The number of rotatable bonds is 6. The van der Waals surface area contributed by atoms with Crippen LogP contribution in [-0.2, 0) is 0 Å². The van der Waals surface area contributed by atoms with Crippen LogP contribution in [0.4, 0.5) is 0 Å². The van der Waals surface area contributed by atoms with Gasteiger partial charge in [-0.25, -0.2) is 0 Å². The van der Waals surface area contributed by atoms with Crippen molar-refractivity contribution in [2.75, 3.05) is 27.2 Å². The van der Waals surface area contributed by atoms with Crippen molar-refractivity contribution in [2.45, 2.75) is 6.42 Å². The highest BCUT2D eigenvalue weighted by atomic mass is 35.5. The van der Waals surface area contributed by atoms with E-state index in [1.807, 2.05) is 55.7 Å². The average Bonchev–Trinajstić information content (AvgIpc) is 2.24. The Labute approximate surface area is 104 Å². The molecule has 0 atom stereocenters. The van der Waals surface area contributed by atoms with E-state index < -0.39 is 0 Å². The molecule has 1 aromatic carbocycles. The van der Waals surface area contributed by atoms with Crippen molar-refractivity contribution in [1.82, 2.24) is 4.90 Å². The molecule has 0 bridgehead atoms. The second-order valence-corrected chi connectivity index (χ2v) is 3.50. The molecule has 0 saturated heterocycles. The molecule has 0 unspecified atom stereocenters. The molecule has 0 N–H and O–H groups in total. The largest absolute Gasteiger partial charge is 0.494 e. The molecule has 1 aromatic rings. The minimum atomic E-state index is 0. The number of halogens is 1. The molecule has 0 radical (unpaired) electrons. The van der Waals surface area contributed by atoms with Crippen LogP contribution in [0.2, 0.25) is 0 Å². The van der Waals surface area contributed by atoms with Gasteiger partial charge in [-0.3, -0.25) is 4.99 Å². The summed E-state index contributed by atoms with van der Waals surface area (Å²) in [5.41, 5.74) is 0. The molecule has 16 heavy (non-hydrogen) atoms. The molecule has 0 heterocycles. The monoisotopic (exact) mass is 242 g/mol. The third-order valence-corrected chi connectivity index (χ3v) is 1.76. The van der Waals surface area contributed by atoms with Crippen molar-refractivity contribution in [1.29, 1.82) is 0 Å². The summed E-state index contributed by atoms with van der Waals surface area (Å²) >= 11 is 0. The summed E-state index contributed by atoms with van der Waals surface area (Å²) in [6.07, 6.45) is 2.77. The second kappa shape index (κ2) is 9.04. The third-order valence-electron chi connectivity index (χ3n) is 1.76. The van der Waals surface area contributed by atoms with E-state index >= 15 is 0 Å². The molecule has 0 aliphatic heterocycles. The van der Waals surface area contributed by atoms with Crippen LogP contribution >= 0.6 is 12.4 Å². The standard InChI is InChI=1S/C12H18N2O.ClH/c1-14(2)11-13-9-6-10-15-12-7-4-3-5-8-12;/h3-5,7-8,11H,6,9-10H2,1-2H3;1H. The van der Waals surface area contributed by atoms with Gasteiger partial charge in [0.1, 0.15) is 5.75 Å². The van der Waals surface area contributed by atoms with Gasteiger partial charge in [-0.15, -0.1) is 12.4 Å². The molecule has 0 aliphatic carbocycles. The Hall–Kier alpha value is -1.22. The predicted octanol–water partition coefficient (Wildman–Crippen LogP) is 2.47. The first kappa shape index (κ1) is 14.8. The highest BCUT2D eigenvalue weighted by Gasteiger charge is 1.90. The Kier molecular flexibility index (Phi) is 8.35. The first-order valence-corrected chi connectivity index (χ1v) is 5.13. The SMILES string of the molecule is CN(C)C=NCCCOc1ccccc1.Cl. The number of hydrogen-bond acceptors (Lipinski definition) is 2. The van der Waals surface area contributed by atoms with Crippen LogP contribution in [0.5, 0.6) is 5.75 Å². The topological polar surface area (TPSA) is 24.8 Å². The third kappa shape index (κ3) is 7.12. The smallest absolute Gasteiger partial charge is 0.119 e. The first-order chi connectivity index (χ1) is 7.29. The zero-order valence-corrected chi connectivity index (χ0v) is 10.6. The lowest BCUT2D eigenvalue weighted by atomic mass is 10.3. The molecule has 90 valence electrons. The lowest BCUT2D eigenvalue weighted by Gasteiger charge is -2.05. The van der Waals surface area contributed by atoms with Gasteiger partial charge >= 0.3 is 0 Å². The Morgan fingerprint density at radius 3 is 2.56 bits per heavy atom. The minimum absolute atomic E-state index is 0. The maximum Gasteiger partial charge on any atom is 0.119 e. The average molecular weight is 243 g/mol. The van der Waals surface area contributed by atoms with Crippen LogP contribution in [0, 0.1) is 0 Å². The highest BCUT2D eigenvalue weighted by Crippen LogP contribution is 2.08. The molecular formula is C12H19ClN2O. The van der Waals surface area contributed by atoms with E-state index in [-0.39, 0.29) is 12.4 Å². The Morgan fingerprint density at radius 1 is 1.25 bits per heavy atom. The first-order valence-electron chi connectivity index (χ1n) is 5.13. The van der Waals surface area contributed by atoms with E-state index in [0.717, 1.165) is 25.3 Å². The van der Waals surface area contributed by atoms with Crippen molar-refractivity contribution >= 4 is 18.7 Å². The maximum atomic E-state index is 5.53. The number of hydrogen-bond donors (Lipinski definition) is 0. The fourth-order valence-electron chi connectivity index (χ4n) is 1.08. The Bertz CT molecular complexity index is 288. The van der Waals surface area contributed by atoms with E-state index in [1.54, 1.807) is 0 Å². The van der Waals surface area contributed by atoms with Crippen LogP contribution in [0.3, 0.4) is 0 Å².